The Labute approximate surface area is 79.5 Å². The van der Waals surface area contributed by atoms with Gasteiger partial charge >= 0.3 is 0 Å². The Bertz CT molecular complexity index is 306. The van der Waals surface area contributed by atoms with Crippen LogP contribution in [-0.4, -0.2) is 14.9 Å². The van der Waals surface area contributed by atoms with Gasteiger partial charge in [-0.1, -0.05) is 0 Å². The van der Waals surface area contributed by atoms with E-state index < -0.39 is 5.60 Å². The molecule has 1 aromatic rings. The van der Waals surface area contributed by atoms with Gasteiger partial charge in [0.1, 0.15) is 10.2 Å². The van der Waals surface area contributed by atoms with Crippen molar-refractivity contribution < 1.29 is 5.11 Å². The van der Waals surface area contributed by atoms with E-state index in [4.69, 9.17) is 0 Å². The average Bonchev–Trinajstić information content (AvgIpc) is 2.30. The van der Waals surface area contributed by atoms with Gasteiger partial charge in [0.05, 0.1) is 5.69 Å². The van der Waals surface area contributed by atoms with Crippen molar-refractivity contribution in [2.75, 3.05) is 0 Å². The first-order valence-electron chi connectivity index (χ1n) is 4.06. The third kappa shape index (κ3) is 1.19. The number of fused-ring (bicyclic) bond motifs is 1. The van der Waals surface area contributed by atoms with Crippen LogP contribution in [0, 0.1) is 0 Å². The minimum Gasteiger partial charge on any atom is -0.384 e. The van der Waals surface area contributed by atoms with Crippen LogP contribution in [0.5, 0.6) is 0 Å². The second-order valence-corrected chi connectivity index (χ2v) is 4.27. The molecule has 1 aromatic heterocycles. The van der Waals surface area contributed by atoms with Crippen molar-refractivity contribution in [2.24, 2.45) is 0 Å². The number of nitrogens with zero attached hydrogens (tertiary/aromatic N) is 2. The van der Waals surface area contributed by atoms with E-state index in [2.05, 4.69) is 21.0 Å². The summed E-state index contributed by atoms with van der Waals surface area (Å²) >= 11 is 3.30. The van der Waals surface area contributed by atoms with Crippen molar-refractivity contribution in [1.29, 1.82) is 0 Å². The molecule has 0 saturated heterocycles. The predicted molar refractivity (Wildman–Crippen MR) is 48.7 cm³/mol. The van der Waals surface area contributed by atoms with Gasteiger partial charge < -0.3 is 5.11 Å². The fraction of sp³-hybridized carbons (Fsp3) is 0.625. The summed E-state index contributed by atoms with van der Waals surface area (Å²) in [5, 5.41) is 14.2. The fourth-order valence-electron chi connectivity index (χ4n) is 1.69. The van der Waals surface area contributed by atoms with Gasteiger partial charge in [0.25, 0.3) is 0 Å². The van der Waals surface area contributed by atoms with Crippen LogP contribution >= 0.6 is 15.9 Å². The van der Waals surface area contributed by atoms with Crippen molar-refractivity contribution in [2.45, 2.75) is 31.9 Å². The first-order valence-corrected chi connectivity index (χ1v) is 4.85. The third-order valence-corrected chi connectivity index (χ3v) is 2.72. The molecule has 0 amide bonds. The highest BCUT2D eigenvalue weighted by Crippen LogP contribution is 2.31. The Morgan fingerprint density at radius 3 is 3.17 bits per heavy atom. The van der Waals surface area contributed by atoms with Gasteiger partial charge in [-0.25, -0.2) is 0 Å². The molecule has 0 saturated carbocycles. The molecular weight excluding hydrogens is 220 g/mol. The van der Waals surface area contributed by atoms with Crippen LogP contribution in [0.15, 0.2) is 10.7 Å². The largest absolute Gasteiger partial charge is 0.384 e. The molecule has 0 bridgehead atoms. The summed E-state index contributed by atoms with van der Waals surface area (Å²) in [6.45, 7) is 2.75. The summed E-state index contributed by atoms with van der Waals surface area (Å²) in [6, 6.07) is 1.89. The molecule has 1 unspecified atom stereocenters. The average molecular weight is 231 g/mol. The van der Waals surface area contributed by atoms with Gasteiger partial charge in [-0.05, 0) is 41.8 Å². The molecule has 0 radical (unpaired) electrons. The topological polar surface area (TPSA) is 38.0 Å². The molecule has 0 spiro atoms. The van der Waals surface area contributed by atoms with Crippen molar-refractivity contribution in [3.63, 3.8) is 0 Å². The molecule has 1 aliphatic heterocycles. The summed E-state index contributed by atoms with van der Waals surface area (Å²) in [5.41, 5.74) is 0.220. The Morgan fingerprint density at radius 1 is 1.75 bits per heavy atom. The normalized spacial score (nSPS) is 28.6. The maximum absolute atomic E-state index is 9.96. The van der Waals surface area contributed by atoms with E-state index in [0.29, 0.717) is 0 Å². The molecule has 1 N–H and O–H groups in total. The molecule has 0 aliphatic carbocycles. The molecule has 1 aliphatic rings. The summed E-state index contributed by atoms with van der Waals surface area (Å²) < 4.78 is 2.67. The summed E-state index contributed by atoms with van der Waals surface area (Å²) in [4.78, 5) is 0. The molecule has 4 heteroatoms. The van der Waals surface area contributed by atoms with Gasteiger partial charge in [-0.3, -0.25) is 4.68 Å². The van der Waals surface area contributed by atoms with Crippen LogP contribution in [0.2, 0.25) is 0 Å². The zero-order valence-electron chi connectivity index (χ0n) is 6.92. The Hall–Kier alpha value is -0.350. The lowest BCUT2D eigenvalue weighted by Crippen LogP contribution is -2.30. The number of aromatic nitrogens is 2. The molecule has 12 heavy (non-hydrogen) atoms. The number of halogens is 1. The number of aliphatic hydroxyl groups is 1. The highest BCUT2D eigenvalue weighted by molar-refractivity contribution is 9.10. The minimum absolute atomic E-state index is 0.697. The van der Waals surface area contributed by atoms with Crippen molar-refractivity contribution in [3.05, 3.63) is 16.4 Å². The van der Waals surface area contributed by atoms with Crippen molar-refractivity contribution in [1.82, 2.24) is 9.78 Å². The maximum Gasteiger partial charge on any atom is 0.128 e. The van der Waals surface area contributed by atoms with E-state index in [1.165, 1.54) is 0 Å². The molecule has 1 atom stereocenters. The van der Waals surface area contributed by atoms with E-state index >= 15 is 0 Å². The molecule has 0 aromatic carbocycles. The van der Waals surface area contributed by atoms with Crippen LogP contribution in [0.4, 0.5) is 0 Å². The van der Waals surface area contributed by atoms with Crippen molar-refractivity contribution >= 4 is 15.9 Å². The third-order valence-electron chi connectivity index (χ3n) is 2.34. The lowest BCUT2D eigenvalue weighted by Gasteiger charge is -2.28. The Kier molecular flexibility index (Phi) is 1.77. The van der Waals surface area contributed by atoms with Crippen molar-refractivity contribution in [3.8, 4) is 0 Å². The monoisotopic (exact) mass is 230 g/mol. The smallest absolute Gasteiger partial charge is 0.128 e. The second-order valence-electron chi connectivity index (χ2n) is 3.45. The van der Waals surface area contributed by atoms with Crippen LogP contribution in [0.3, 0.4) is 0 Å². The Morgan fingerprint density at radius 2 is 2.50 bits per heavy atom. The standard InChI is InChI=1S/C8H11BrN2O/c1-8(12)3-2-4-11-6(8)5-7(9)10-11/h5,12H,2-4H2,1H3. The second kappa shape index (κ2) is 2.57. The summed E-state index contributed by atoms with van der Waals surface area (Å²) in [7, 11) is 0. The Balaban J connectivity index is 2.51. The SMILES string of the molecule is CC1(O)CCCn2nc(Br)cc21. The van der Waals surface area contributed by atoms with Gasteiger partial charge in [0.15, 0.2) is 0 Å². The molecule has 0 fully saturated rings. The number of hydrogen-bond acceptors (Lipinski definition) is 2. The lowest BCUT2D eigenvalue weighted by molar-refractivity contribution is 0.0222. The molecule has 2 heterocycles. The van der Waals surface area contributed by atoms with Gasteiger partial charge in [0, 0.05) is 6.54 Å². The molecule has 2 rings (SSSR count). The molecular formula is C8H11BrN2O. The van der Waals surface area contributed by atoms with E-state index in [1.807, 2.05) is 17.7 Å². The fourth-order valence-corrected chi connectivity index (χ4v) is 2.10. The highest BCUT2D eigenvalue weighted by Gasteiger charge is 2.30. The zero-order chi connectivity index (χ0) is 8.77. The first-order chi connectivity index (χ1) is 5.59. The number of rotatable bonds is 0. The number of hydrogen-bond donors (Lipinski definition) is 1. The quantitative estimate of drug-likeness (QED) is 0.737. The van der Waals surface area contributed by atoms with E-state index in [0.717, 1.165) is 29.7 Å². The first kappa shape index (κ1) is 8.26. The zero-order valence-corrected chi connectivity index (χ0v) is 8.50. The molecule has 66 valence electrons. The van der Waals surface area contributed by atoms with Crippen LogP contribution in [0.1, 0.15) is 25.5 Å². The molecule has 3 nitrogen and oxygen atoms in total. The minimum atomic E-state index is -0.697. The highest BCUT2D eigenvalue weighted by atomic mass is 79.9. The summed E-state index contributed by atoms with van der Waals surface area (Å²) in [5.74, 6) is 0. The van der Waals surface area contributed by atoms with E-state index in [1.54, 1.807) is 0 Å². The van der Waals surface area contributed by atoms with E-state index in [9.17, 15) is 5.11 Å². The van der Waals surface area contributed by atoms with Crippen LogP contribution in [-0.2, 0) is 12.1 Å². The predicted octanol–water partition coefficient (Wildman–Crippen LogP) is 1.65. The van der Waals surface area contributed by atoms with Gasteiger partial charge in [-0.15, -0.1) is 0 Å². The number of aryl methyl sites for hydroxylation is 1. The van der Waals surface area contributed by atoms with Crippen LogP contribution < -0.4 is 0 Å². The van der Waals surface area contributed by atoms with Crippen LogP contribution in [0.25, 0.3) is 0 Å². The van der Waals surface area contributed by atoms with Gasteiger partial charge in [-0.2, -0.15) is 5.10 Å². The lowest BCUT2D eigenvalue weighted by atomic mass is 9.93. The van der Waals surface area contributed by atoms with Gasteiger partial charge in [0.2, 0.25) is 0 Å². The van der Waals surface area contributed by atoms with E-state index in [-0.39, 0.29) is 0 Å². The summed E-state index contributed by atoms with van der Waals surface area (Å²) in [6.07, 6.45) is 1.82. The maximum atomic E-state index is 9.96.